The molecule has 2 atom stereocenters. The van der Waals surface area contributed by atoms with E-state index in [0.717, 1.165) is 19.0 Å². The van der Waals surface area contributed by atoms with Gasteiger partial charge in [0.1, 0.15) is 0 Å². The van der Waals surface area contributed by atoms with Crippen molar-refractivity contribution in [2.24, 2.45) is 5.92 Å². The van der Waals surface area contributed by atoms with Crippen molar-refractivity contribution in [3.63, 3.8) is 0 Å². The molecule has 13 heavy (non-hydrogen) atoms. The van der Waals surface area contributed by atoms with Gasteiger partial charge in [0, 0.05) is 24.5 Å². The summed E-state index contributed by atoms with van der Waals surface area (Å²) in [6, 6.07) is 0.594. The Bertz CT molecular complexity index is 279. The summed E-state index contributed by atoms with van der Waals surface area (Å²) >= 11 is 0. The fourth-order valence-electron chi connectivity index (χ4n) is 2.06. The van der Waals surface area contributed by atoms with Crippen LogP contribution in [-0.2, 0) is 0 Å². The molecule has 0 saturated carbocycles. The van der Waals surface area contributed by atoms with Crippen molar-refractivity contribution in [1.29, 1.82) is 0 Å². The Morgan fingerprint density at radius 1 is 1.62 bits per heavy atom. The summed E-state index contributed by atoms with van der Waals surface area (Å²) in [6.07, 6.45) is 5.15. The molecular formula is C10H17N3. The molecule has 1 aromatic rings. The van der Waals surface area contributed by atoms with Gasteiger partial charge in [-0.3, -0.25) is 0 Å². The third-order valence-electron chi connectivity index (χ3n) is 3.00. The molecule has 0 aliphatic carbocycles. The molecule has 1 aliphatic heterocycles. The van der Waals surface area contributed by atoms with E-state index in [-0.39, 0.29) is 0 Å². The van der Waals surface area contributed by atoms with Crippen LogP contribution >= 0.6 is 0 Å². The summed E-state index contributed by atoms with van der Waals surface area (Å²) in [7, 11) is 0. The summed E-state index contributed by atoms with van der Waals surface area (Å²) in [4.78, 5) is 4.17. The van der Waals surface area contributed by atoms with Gasteiger partial charge in [0.05, 0.1) is 6.33 Å². The first-order valence-electron chi connectivity index (χ1n) is 4.98. The third-order valence-corrected chi connectivity index (χ3v) is 3.00. The standard InChI is InChI=1S/C10H17N3/c1-8-3-4-11-6-10(8)13-7-12-5-9(13)2/h5,7-8,10-11H,3-4,6H2,1-2H3. The smallest absolute Gasteiger partial charge is 0.0951 e. The van der Waals surface area contributed by atoms with Crippen LogP contribution in [0.15, 0.2) is 12.5 Å². The van der Waals surface area contributed by atoms with Gasteiger partial charge in [-0.15, -0.1) is 0 Å². The van der Waals surface area contributed by atoms with E-state index in [1.807, 2.05) is 12.5 Å². The minimum Gasteiger partial charge on any atom is -0.330 e. The average molecular weight is 179 g/mol. The number of nitrogens with one attached hydrogen (secondary N) is 1. The van der Waals surface area contributed by atoms with Crippen molar-refractivity contribution in [3.05, 3.63) is 18.2 Å². The van der Waals surface area contributed by atoms with Gasteiger partial charge < -0.3 is 9.88 Å². The van der Waals surface area contributed by atoms with Crippen LogP contribution in [0.3, 0.4) is 0 Å². The van der Waals surface area contributed by atoms with Crippen molar-refractivity contribution in [3.8, 4) is 0 Å². The van der Waals surface area contributed by atoms with Crippen LogP contribution < -0.4 is 5.32 Å². The van der Waals surface area contributed by atoms with E-state index in [1.165, 1.54) is 12.1 Å². The molecule has 1 saturated heterocycles. The zero-order chi connectivity index (χ0) is 9.26. The van der Waals surface area contributed by atoms with E-state index in [1.54, 1.807) is 0 Å². The summed E-state index contributed by atoms with van der Waals surface area (Å²) in [6.45, 7) is 6.68. The van der Waals surface area contributed by atoms with Gasteiger partial charge in [-0.1, -0.05) is 6.92 Å². The molecule has 2 rings (SSSR count). The van der Waals surface area contributed by atoms with Gasteiger partial charge in [-0.05, 0) is 25.8 Å². The molecule has 1 aliphatic rings. The monoisotopic (exact) mass is 179 g/mol. The number of nitrogens with zero attached hydrogens (tertiary/aromatic N) is 2. The molecule has 2 heterocycles. The maximum absolute atomic E-state index is 4.17. The van der Waals surface area contributed by atoms with E-state index in [2.05, 4.69) is 28.7 Å². The number of piperidine rings is 1. The Morgan fingerprint density at radius 2 is 2.46 bits per heavy atom. The minimum atomic E-state index is 0.594. The molecule has 1 aromatic heterocycles. The molecule has 3 nitrogen and oxygen atoms in total. The van der Waals surface area contributed by atoms with Gasteiger partial charge in [-0.25, -0.2) is 4.98 Å². The Hall–Kier alpha value is -0.830. The predicted molar refractivity (Wildman–Crippen MR) is 52.7 cm³/mol. The first kappa shape index (κ1) is 8.75. The molecule has 0 radical (unpaired) electrons. The van der Waals surface area contributed by atoms with Gasteiger partial charge in [0.2, 0.25) is 0 Å². The van der Waals surface area contributed by atoms with Crippen LogP contribution in [0.2, 0.25) is 0 Å². The lowest BCUT2D eigenvalue weighted by molar-refractivity contribution is 0.271. The SMILES string of the molecule is Cc1cncn1C1CNCCC1C. The maximum Gasteiger partial charge on any atom is 0.0951 e. The van der Waals surface area contributed by atoms with Gasteiger partial charge in [0.25, 0.3) is 0 Å². The molecule has 2 unspecified atom stereocenters. The number of imidazole rings is 1. The highest BCUT2D eigenvalue weighted by Gasteiger charge is 2.22. The Morgan fingerprint density at radius 3 is 3.08 bits per heavy atom. The highest BCUT2D eigenvalue weighted by molar-refractivity contribution is 4.99. The third kappa shape index (κ3) is 1.61. The summed E-state index contributed by atoms with van der Waals surface area (Å²) in [5.41, 5.74) is 1.26. The highest BCUT2D eigenvalue weighted by atomic mass is 15.1. The quantitative estimate of drug-likeness (QED) is 0.705. The van der Waals surface area contributed by atoms with E-state index in [9.17, 15) is 0 Å². The van der Waals surface area contributed by atoms with Crippen molar-refractivity contribution >= 4 is 0 Å². The molecule has 1 N–H and O–H groups in total. The second-order valence-corrected chi connectivity index (χ2v) is 3.98. The summed E-state index contributed by atoms with van der Waals surface area (Å²) in [5.74, 6) is 0.758. The number of rotatable bonds is 1. The Balaban J connectivity index is 2.19. The van der Waals surface area contributed by atoms with E-state index >= 15 is 0 Å². The lowest BCUT2D eigenvalue weighted by Crippen LogP contribution is -2.37. The predicted octanol–water partition coefficient (Wildman–Crippen LogP) is 1.36. The van der Waals surface area contributed by atoms with E-state index in [0.29, 0.717) is 6.04 Å². The molecular weight excluding hydrogens is 162 g/mol. The van der Waals surface area contributed by atoms with Crippen LogP contribution in [0.25, 0.3) is 0 Å². The highest BCUT2D eigenvalue weighted by Crippen LogP contribution is 2.24. The molecule has 0 amide bonds. The van der Waals surface area contributed by atoms with E-state index in [4.69, 9.17) is 0 Å². The lowest BCUT2D eigenvalue weighted by Gasteiger charge is -2.31. The number of hydrogen-bond donors (Lipinski definition) is 1. The number of aryl methyl sites for hydroxylation is 1. The zero-order valence-corrected chi connectivity index (χ0v) is 8.33. The second kappa shape index (κ2) is 3.50. The first-order chi connectivity index (χ1) is 6.29. The van der Waals surface area contributed by atoms with Crippen molar-refractivity contribution in [2.45, 2.75) is 26.3 Å². The van der Waals surface area contributed by atoms with Crippen LogP contribution in [0, 0.1) is 12.8 Å². The van der Waals surface area contributed by atoms with Crippen LogP contribution in [0.5, 0.6) is 0 Å². The van der Waals surface area contributed by atoms with E-state index < -0.39 is 0 Å². The normalized spacial score (nSPS) is 29.1. The summed E-state index contributed by atoms with van der Waals surface area (Å²) < 4.78 is 2.29. The molecule has 0 aromatic carbocycles. The van der Waals surface area contributed by atoms with Gasteiger partial charge >= 0.3 is 0 Å². The molecule has 72 valence electrons. The van der Waals surface area contributed by atoms with Crippen molar-refractivity contribution < 1.29 is 0 Å². The van der Waals surface area contributed by atoms with Gasteiger partial charge in [0.15, 0.2) is 0 Å². The van der Waals surface area contributed by atoms with Crippen LogP contribution in [0.1, 0.15) is 25.1 Å². The second-order valence-electron chi connectivity index (χ2n) is 3.98. The van der Waals surface area contributed by atoms with Crippen LogP contribution in [0.4, 0.5) is 0 Å². The number of hydrogen-bond acceptors (Lipinski definition) is 2. The minimum absolute atomic E-state index is 0.594. The average Bonchev–Trinajstić information content (AvgIpc) is 2.52. The van der Waals surface area contributed by atoms with Crippen LogP contribution in [-0.4, -0.2) is 22.6 Å². The number of aromatic nitrogens is 2. The maximum atomic E-state index is 4.17. The zero-order valence-electron chi connectivity index (χ0n) is 8.33. The van der Waals surface area contributed by atoms with Crippen molar-refractivity contribution in [2.75, 3.05) is 13.1 Å². The fourth-order valence-corrected chi connectivity index (χ4v) is 2.06. The largest absolute Gasteiger partial charge is 0.330 e. The molecule has 1 fully saturated rings. The fraction of sp³-hybridized carbons (Fsp3) is 0.700. The molecule has 0 bridgehead atoms. The van der Waals surface area contributed by atoms with Crippen molar-refractivity contribution in [1.82, 2.24) is 14.9 Å². The Labute approximate surface area is 79.2 Å². The summed E-state index contributed by atoms with van der Waals surface area (Å²) in [5, 5.41) is 3.43. The van der Waals surface area contributed by atoms with Gasteiger partial charge in [-0.2, -0.15) is 0 Å². The molecule has 0 spiro atoms. The first-order valence-corrected chi connectivity index (χ1v) is 4.98. The topological polar surface area (TPSA) is 29.9 Å². The molecule has 3 heteroatoms. The lowest BCUT2D eigenvalue weighted by atomic mass is 9.94. The Kier molecular flexibility index (Phi) is 2.36.